The fourth-order valence-electron chi connectivity index (χ4n) is 2.20. The summed E-state index contributed by atoms with van der Waals surface area (Å²) >= 11 is 0. The molecule has 2 unspecified atom stereocenters. The maximum Gasteiger partial charge on any atom is 0.00683 e. The van der Waals surface area contributed by atoms with E-state index in [9.17, 15) is 0 Å². The van der Waals surface area contributed by atoms with Crippen molar-refractivity contribution in [3.63, 3.8) is 0 Å². The summed E-state index contributed by atoms with van der Waals surface area (Å²) in [7, 11) is 0. The molecule has 1 aliphatic rings. The number of rotatable bonds is 10. The first-order chi connectivity index (χ1) is 7.74. The van der Waals surface area contributed by atoms with Crippen LogP contribution in [0.2, 0.25) is 0 Å². The highest BCUT2D eigenvalue weighted by Crippen LogP contribution is 2.22. The van der Waals surface area contributed by atoms with Crippen molar-refractivity contribution >= 4 is 0 Å². The van der Waals surface area contributed by atoms with Gasteiger partial charge < -0.3 is 5.32 Å². The van der Waals surface area contributed by atoms with E-state index in [4.69, 9.17) is 0 Å². The monoisotopic (exact) mass is 225 g/mol. The van der Waals surface area contributed by atoms with Crippen LogP contribution in [0.5, 0.6) is 0 Å². The highest BCUT2D eigenvalue weighted by molar-refractivity contribution is 4.81. The van der Waals surface area contributed by atoms with Gasteiger partial charge in [-0.1, -0.05) is 59.3 Å². The lowest BCUT2D eigenvalue weighted by atomic mass is 9.90. The molecule has 16 heavy (non-hydrogen) atoms. The van der Waals surface area contributed by atoms with E-state index in [1.807, 2.05) is 0 Å². The fraction of sp³-hybridized carbons (Fsp3) is 1.00. The minimum absolute atomic E-state index is 0.853. The molecule has 0 aromatic heterocycles. The number of hydrogen-bond acceptors (Lipinski definition) is 1. The number of hydrogen-bond donors (Lipinski definition) is 1. The number of unbranched alkanes of at least 4 members (excludes halogenated alkanes) is 4. The van der Waals surface area contributed by atoms with Gasteiger partial charge in [-0.3, -0.25) is 0 Å². The maximum absolute atomic E-state index is 3.65. The van der Waals surface area contributed by atoms with Gasteiger partial charge >= 0.3 is 0 Å². The Balaban J connectivity index is 1.92. The summed E-state index contributed by atoms with van der Waals surface area (Å²) in [5.41, 5.74) is 0. The quantitative estimate of drug-likeness (QED) is 0.544. The molecule has 0 aromatic carbocycles. The number of nitrogens with one attached hydrogen (secondary N) is 1. The molecule has 1 aliphatic carbocycles. The highest BCUT2D eigenvalue weighted by Gasteiger charge is 2.22. The van der Waals surface area contributed by atoms with Crippen LogP contribution in [-0.2, 0) is 0 Å². The van der Waals surface area contributed by atoms with Gasteiger partial charge in [-0.2, -0.15) is 0 Å². The molecule has 1 rings (SSSR count). The molecule has 0 spiro atoms. The van der Waals surface area contributed by atoms with Gasteiger partial charge in [-0.25, -0.2) is 0 Å². The third kappa shape index (κ3) is 6.52. The van der Waals surface area contributed by atoms with Gasteiger partial charge in [0.05, 0.1) is 0 Å². The van der Waals surface area contributed by atoms with E-state index in [-0.39, 0.29) is 0 Å². The molecule has 0 heterocycles. The van der Waals surface area contributed by atoms with Crippen molar-refractivity contribution in [2.75, 3.05) is 6.54 Å². The van der Waals surface area contributed by atoms with E-state index in [2.05, 4.69) is 26.1 Å². The Kier molecular flexibility index (Phi) is 7.11. The zero-order valence-electron chi connectivity index (χ0n) is 11.6. The second-order valence-electron chi connectivity index (χ2n) is 5.84. The van der Waals surface area contributed by atoms with Crippen molar-refractivity contribution in [3.8, 4) is 0 Å². The molecular formula is C15H31N. The first-order valence-electron chi connectivity index (χ1n) is 7.47. The minimum atomic E-state index is 0.853. The third-order valence-electron chi connectivity index (χ3n) is 4.04. The molecule has 0 bridgehead atoms. The molecule has 1 fully saturated rings. The van der Waals surface area contributed by atoms with Crippen LogP contribution < -0.4 is 5.32 Å². The van der Waals surface area contributed by atoms with E-state index < -0.39 is 0 Å². The summed E-state index contributed by atoms with van der Waals surface area (Å²) in [4.78, 5) is 0. The van der Waals surface area contributed by atoms with Crippen LogP contribution in [0.4, 0.5) is 0 Å². The molecule has 1 heteroatoms. The van der Waals surface area contributed by atoms with Gasteiger partial charge in [0.1, 0.15) is 0 Å². The van der Waals surface area contributed by atoms with Crippen LogP contribution >= 0.6 is 0 Å². The smallest absolute Gasteiger partial charge is 0.00683 e. The largest absolute Gasteiger partial charge is 0.314 e. The third-order valence-corrected chi connectivity index (χ3v) is 4.04. The Labute approximate surface area is 102 Å². The van der Waals surface area contributed by atoms with Crippen molar-refractivity contribution in [1.82, 2.24) is 5.32 Å². The average Bonchev–Trinajstić information content (AvgIpc) is 3.09. The lowest BCUT2D eigenvalue weighted by Crippen LogP contribution is -2.26. The van der Waals surface area contributed by atoms with Gasteiger partial charge in [-0.15, -0.1) is 0 Å². The fourth-order valence-corrected chi connectivity index (χ4v) is 2.20. The lowest BCUT2D eigenvalue weighted by Gasteiger charge is -2.20. The van der Waals surface area contributed by atoms with Crippen LogP contribution in [0, 0.1) is 11.8 Å². The first kappa shape index (κ1) is 14.0. The first-order valence-corrected chi connectivity index (χ1v) is 7.47. The maximum atomic E-state index is 3.65. The average molecular weight is 225 g/mol. The van der Waals surface area contributed by atoms with Crippen molar-refractivity contribution < 1.29 is 0 Å². The summed E-state index contributed by atoms with van der Waals surface area (Å²) in [6.07, 6.45) is 11.4. The molecule has 0 aromatic rings. The van der Waals surface area contributed by atoms with E-state index in [0.717, 1.165) is 17.9 Å². The lowest BCUT2D eigenvalue weighted by molar-refractivity contribution is 0.335. The Morgan fingerprint density at radius 2 is 1.69 bits per heavy atom. The molecule has 0 radical (unpaired) electrons. The van der Waals surface area contributed by atoms with Crippen LogP contribution in [0.15, 0.2) is 0 Å². The van der Waals surface area contributed by atoms with Crippen LogP contribution in [0.3, 0.4) is 0 Å². The van der Waals surface area contributed by atoms with Crippen LogP contribution in [0.1, 0.15) is 72.1 Å². The Morgan fingerprint density at radius 3 is 2.31 bits per heavy atom. The van der Waals surface area contributed by atoms with E-state index in [1.54, 1.807) is 0 Å². The summed E-state index contributed by atoms with van der Waals surface area (Å²) in [6.45, 7) is 8.36. The van der Waals surface area contributed by atoms with E-state index in [1.165, 1.54) is 57.9 Å². The topological polar surface area (TPSA) is 12.0 Å². The molecule has 96 valence electrons. The van der Waals surface area contributed by atoms with Gasteiger partial charge in [0.15, 0.2) is 0 Å². The molecule has 0 saturated heterocycles. The predicted octanol–water partition coefficient (Wildman–Crippen LogP) is 4.37. The van der Waals surface area contributed by atoms with E-state index >= 15 is 0 Å². The van der Waals surface area contributed by atoms with E-state index in [0.29, 0.717) is 0 Å². The summed E-state index contributed by atoms with van der Waals surface area (Å²) in [5.74, 6) is 1.75. The molecule has 0 amide bonds. The summed E-state index contributed by atoms with van der Waals surface area (Å²) in [6, 6.07) is 0.874. The second kappa shape index (κ2) is 8.11. The molecule has 0 aliphatic heterocycles. The molecule has 1 saturated carbocycles. The molecule has 1 nitrogen and oxygen atoms in total. The Morgan fingerprint density at radius 1 is 1.00 bits per heavy atom. The zero-order chi connectivity index (χ0) is 11.8. The minimum Gasteiger partial charge on any atom is -0.314 e. The van der Waals surface area contributed by atoms with Gasteiger partial charge in [0, 0.05) is 6.04 Å². The van der Waals surface area contributed by atoms with Crippen molar-refractivity contribution in [2.45, 2.75) is 78.2 Å². The van der Waals surface area contributed by atoms with Crippen molar-refractivity contribution in [3.05, 3.63) is 0 Å². The zero-order valence-corrected chi connectivity index (χ0v) is 11.6. The van der Waals surface area contributed by atoms with Crippen LogP contribution in [0.25, 0.3) is 0 Å². The Hall–Kier alpha value is -0.0400. The second-order valence-corrected chi connectivity index (χ2v) is 5.84. The summed E-state index contributed by atoms with van der Waals surface area (Å²) in [5, 5.41) is 3.65. The normalized spacial score (nSPS) is 19.7. The van der Waals surface area contributed by atoms with Crippen LogP contribution in [-0.4, -0.2) is 12.6 Å². The summed E-state index contributed by atoms with van der Waals surface area (Å²) < 4.78 is 0. The molecule has 2 atom stereocenters. The van der Waals surface area contributed by atoms with Crippen molar-refractivity contribution in [2.24, 2.45) is 11.8 Å². The van der Waals surface area contributed by atoms with Gasteiger partial charge in [0.25, 0.3) is 0 Å². The Bertz CT molecular complexity index is 163. The molecular weight excluding hydrogens is 194 g/mol. The standard InChI is InChI=1S/C15H31N/c1-4-5-6-7-8-9-13(2)14(3)12-16-15-10-11-15/h13-16H,4-12H2,1-3H3. The van der Waals surface area contributed by atoms with Crippen molar-refractivity contribution in [1.29, 1.82) is 0 Å². The SMILES string of the molecule is CCCCCCCC(C)C(C)CNC1CC1. The predicted molar refractivity (Wildman–Crippen MR) is 72.7 cm³/mol. The highest BCUT2D eigenvalue weighted by atomic mass is 14.9. The van der Waals surface area contributed by atoms with Gasteiger partial charge in [-0.05, 0) is 31.2 Å². The molecule has 1 N–H and O–H groups in total. The van der Waals surface area contributed by atoms with Gasteiger partial charge in [0.2, 0.25) is 0 Å².